The van der Waals surface area contributed by atoms with Gasteiger partial charge in [-0.25, -0.2) is 4.39 Å². The van der Waals surface area contributed by atoms with Crippen LogP contribution in [0.5, 0.6) is 5.75 Å². The molecule has 0 aliphatic carbocycles. The Kier molecular flexibility index (Phi) is 6.75. The normalized spacial score (nSPS) is 10.8. The number of benzene rings is 3. The van der Waals surface area contributed by atoms with E-state index in [2.05, 4.69) is 10.4 Å². The largest absolute Gasteiger partial charge is 0.489 e. The molecule has 0 saturated carbocycles. The molecule has 168 valence electrons. The fraction of sp³-hybridized carbons (Fsp3) is 0.154. The first kappa shape index (κ1) is 22.6. The molecule has 0 aliphatic rings. The summed E-state index contributed by atoms with van der Waals surface area (Å²) in [6.45, 7) is 4.39. The smallest absolute Gasteiger partial charge is 0.256 e. The Morgan fingerprint density at radius 1 is 1.06 bits per heavy atom. The molecule has 0 atom stereocenters. The summed E-state index contributed by atoms with van der Waals surface area (Å²) in [6, 6.07) is 21.0. The SMILES string of the molecule is Cc1cc(Cl)ccc1OCc1cccc(C(=O)Nc2cc(C)n(Cc3ccccc3F)n2)c1. The van der Waals surface area contributed by atoms with Gasteiger partial charge in [0, 0.05) is 27.9 Å². The van der Waals surface area contributed by atoms with Crippen molar-refractivity contribution < 1.29 is 13.9 Å². The molecule has 0 radical (unpaired) electrons. The van der Waals surface area contributed by atoms with Crippen molar-refractivity contribution in [1.29, 1.82) is 0 Å². The minimum absolute atomic E-state index is 0.282. The second-order valence-corrected chi connectivity index (χ2v) is 8.21. The Morgan fingerprint density at radius 2 is 1.88 bits per heavy atom. The van der Waals surface area contributed by atoms with Gasteiger partial charge in [0.1, 0.15) is 18.2 Å². The van der Waals surface area contributed by atoms with Crippen LogP contribution in [-0.4, -0.2) is 15.7 Å². The molecule has 3 aromatic carbocycles. The molecule has 0 bridgehead atoms. The minimum atomic E-state index is -0.286. The van der Waals surface area contributed by atoms with Crippen molar-refractivity contribution in [3.63, 3.8) is 0 Å². The number of carbonyl (C=O) groups is 1. The molecule has 33 heavy (non-hydrogen) atoms. The second kappa shape index (κ2) is 9.88. The lowest BCUT2D eigenvalue weighted by atomic mass is 10.1. The van der Waals surface area contributed by atoms with Crippen molar-refractivity contribution in [2.45, 2.75) is 27.0 Å². The van der Waals surface area contributed by atoms with Gasteiger partial charge in [0.15, 0.2) is 5.82 Å². The number of halogens is 2. The van der Waals surface area contributed by atoms with E-state index in [0.717, 1.165) is 22.6 Å². The van der Waals surface area contributed by atoms with Gasteiger partial charge in [-0.3, -0.25) is 9.48 Å². The maximum Gasteiger partial charge on any atom is 0.256 e. The highest BCUT2D eigenvalue weighted by atomic mass is 35.5. The predicted molar refractivity (Wildman–Crippen MR) is 127 cm³/mol. The van der Waals surface area contributed by atoms with Crippen LogP contribution in [0, 0.1) is 19.7 Å². The summed E-state index contributed by atoms with van der Waals surface area (Å²) in [5, 5.41) is 7.88. The average Bonchev–Trinajstić information content (AvgIpc) is 3.13. The zero-order valence-electron chi connectivity index (χ0n) is 18.3. The van der Waals surface area contributed by atoms with E-state index in [-0.39, 0.29) is 18.3 Å². The number of nitrogens with zero attached hydrogens (tertiary/aromatic N) is 2. The first-order chi connectivity index (χ1) is 15.9. The molecular weight excluding hydrogens is 441 g/mol. The van der Waals surface area contributed by atoms with Crippen LogP contribution in [0.1, 0.15) is 32.7 Å². The Morgan fingerprint density at radius 3 is 2.67 bits per heavy atom. The van der Waals surface area contributed by atoms with Gasteiger partial charge in [-0.2, -0.15) is 5.10 Å². The van der Waals surface area contributed by atoms with E-state index in [1.165, 1.54) is 6.07 Å². The van der Waals surface area contributed by atoms with Gasteiger partial charge in [0.25, 0.3) is 5.91 Å². The summed E-state index contributed by atoms with van der Waals surface area (Å²) in [5.41, 5.74) is 3.64. The Balaban J connectivity index is 1.42. The maximum atomic E-state index is 14.0. The van der Waals surface area contributed by atoms with E-state index in [1.54, 1.807) is 47.1 Å². The summed E-state index contributed by atoms with van der Waals surface area (Å²) in [7, 11) is 0. The third kappa shape index (κ3) is 5.59. The number of aryl methyl sites for hydroxylation is 2. The van der Waals surface area contributed by atoms with E-state index in [1.807, 2.05) is 38.1 Å². The summed E-state index contributed by atoms with van der Waals surface area (Å²) in [5.74, 6) is 0.582. The molecule has 1 heterocycles. The van der Waals surface area contributed by atoms with Gasteiger partial charge in [0.2, 0.25) is 0 Å². The van der Waals surface area contributed by atoms with Crippen molar-refractivity contribution in [1.82, 2.24) is 9.78 Å². The summed E-state index contributed by atoms with van der Waals surface area (Å²) < 4.78 is 21.5. The number of hydrogen-bond donors (Lipinski definition) is 1. The molecule has 1 aromatic heterocycles. The number of rotatable bonds is 7. The minimum Gasteiger partial charge on any atom is -0.489 e. The van der Waals surface area contributed by atoms with E-state index < -0.39 is 0 Å². The van der Waals surface area contributed by atoms with Crippen molar-refractivity contribution >= 4 is 23.3 Å². The molecule has 0 fully saturated rings. The monoisotopic (exact) mass is 463 g/mol. The second-order valence-electron chi connectivity index (χ2n) is 7.77. The van der Waals surface area contributed by atoms with Crippen LogP contribution in [-0.2, 0) is 13.2 Å². The summed E-state index contributed by atoms with van der Waals surface area (Å²) >= 11 is 5.99. The van der Waals surface area contributed by atoms with Gasteiger partial charge in [0.05, 0.1) is 6.54 Å². The van der Waals surface area contributed by atoms with Crippen LogP contribution in [0.2, 0.25) is 5.02 Å². The first-order valence-electron chi connectivity index (χ1n) is 10.5. The molecule has 0 saturated heterocycles. The van der Waals surface area contributed by atoms with Gasteiger partial charge in [-0.15, -0.1) is 0 Å². The average molecular weight is 464 g/mol. The fourth-order valence-electron chi connectivity index (χ4n) is 3.45. The molecule has 0 unspecified atom stereocenters. The molecule has 7 heteroatoms. The number of aromatic nitrogens is 2. The highest BCUT2D eigenvalue weighted by molar-refractivity contribution is 6.30. The van der Waals surface area contributed by atoms with Crippen LogP contribution >= 0.6 is 11.6 Å². The van der Waals surface area contributed by atoms with Gasteiger partial charge < -0.3 is 10.1 Å². The molecule has 1 amide bonds. The van der Waals surface area contributed by atoms with Crippen molar-refractivity contribution in [2.24, 2.45) is 0 Å². The zero-order valence-corrected chi connectivity index (χ0v) is 19.1. The van der Waals surface area contributed by atoms with Crippen molar-refractivity contribution in [3.8, 4) is 5.75 Å². The molecule has 1 N–H and O–H groups in total. The Labute approximate surface area is 196 Å². The van der Waals surface area contributed by atoms with Gasteiger partial charge >= 0.3 is 0 Å². The molecule has 4 rings (SSSR count). The molecule has 0 aliphatic heterocycles. The van der Waals surface area contributed by atoms with E-state index in [0.29, 0.717) is 28.6 Å². The fourth-order valence-corrected chi connectivity index (χ4v) is 3.67. The first-order valence-corrected chi connectivity index (χ1v) is 10.8. The van der Waals surface area contributed by atoms with E-state index >= 15 is 0 Å². The molecule has 5 nitrogen and oxygen atoms in total. The van der Waals surface area contributed by atoms with Crippen LogP contribution in [0.4, 0.5) is 10.2 Å². The zero-order chi connectivity index (χ0) is 23.4. The lowest BCUT2D eigenvalue weighted by Crippen LogP contribution is -2.13. The number of anilines is 1. The van der Waals surface area contributed by atoms with Gasteiger partial charge in [-0.1, -0.05) is 41.9 Å². The van der Waals surface area contributed by atoms with Crippen LogP contribution in [0.25, 0.3) is 0 Å². The van der Waals surface area contributed by atoms with Crippen molar-refractivity contribution in [2.75, 3.05) is 5.32 Å². The lowest BCUT2D eigenvalue weighted by molar-refractivity contribution is 0.102. The number of carbonyl (C=O) groups excluding carboxylic acids is 1. The highest BCUT2D eigenvalue weighted by Crippen LogP contribution is 2.23. The quantitative estimate of drug-likeness (QED) is 0.356. The third-order valence-electron chi connectivity index (χ3n) is 5.22. The molecule has 0 spiro atoms. The predicted octanol–water partition coefficient (Wildman–Crippen LogP) is 6.17. The maximum absolute atomic E-state index is 14.0. The standard InChI is InChI=1S/C26H23ClFN3O2/c1-17-12-22(27)10-11-24(17)33-16-19-6-5-8-20(14-19)26(32)29-25-13-18(2)31(30-25)15-21-7-3-4-9-23(21)28/h3-14H,15-16H2,1-2H3,(H,29,30,32). The van der Waals surface area contributed by atoms with E-state index in [9.17, 15) is 9.18 Å². The molecule has 4 aromatic rings. The highest BCUT2D eigenvalue weighted by Gasteiger charge is 2.12. The van der Waals surface area contributed by atoms with Gasteiger partial charge in [-0.05, 0) is 61.4 Å². The number of amides is 1. The number of hydrogen-bond acceptors (Lipinski definition) is 3. The Bertz CT molecular complexity index is 1300. The molecular formula is C26H23ClFN3O2. The third-order valence-corrected chi connectivity index (χ3v) is 5.46. The number of ether oxygens (including phenoxy) is 1. The lowest BCUT2D eigenvalue weighted by Gasteiger charge is -2.10. The van der Waals surface area contributed by atoms with Crippen molar-refractivity contribution in [3.05, 3.63) is 112 Å². The Hall–Kier alpha value is -3.64. The summed E-state index contributed by atoms with van der Waals surface area (Å²) in [6.07, 6.45) is 0. The van der Waals surface area contributed by atoms with E-state index in [4.69, 9.17) is 16.3 Å². The topological polar surface area (TPSA) is 56.1 Å². The summed E-state index contributed by atoms with van der Waals surface area (Å²) in [4.78, 5) is 12.8. The van der Waals surface area contributed by atoms with Crippen LogP contribution < -0.4 is 10.1 Å². The van der Waals surface area contributed by atoms with Crippen LogP contribution in [0.3, 0.4) is 0 Å². The van der Waals surface area contributed by atoms with Crippen LogP contribution in [0.15, 0.2) is 72.8 Å². The number of nitrogens with one attached hydrogen (secondary N) is 1.